The second kappa shape index (κ2) is 6.58. The van der Waals surface area contributed by atoms with Crippen molar-refractivity contribution in [2.75, 3.05) is 18.4 Å². The van der Waals surface area contributed by atoms with Gasteiger partial charge in [-0.05, 0) is 34.6 Å². The Morgan fingerprint density at radius 3 is 2.37 bits per heavy atom. The van der Waals surface area contributed by atoms with Crippen molar-refractivity contribution < 1.29 is 0 Å². The van der Waals surface area contributed by atoms with Crippen LogP contribution in [0.1, 0.15) is 39.0 Å². The van der Waals surface area contributed by atoms with Crippen molar-refractivity contribution >= 4 is 5.82 Å². The molecule has 0 unspecified atom stereocenters. The van der Waals surface area contributed by atoms with Gasteiger partial charge in [0.25, 0.3) is 0 Å². The van der Waals surface area contributed by atoms with Gasteiger partial charge in [-0.25, -0.2) is 0 Å². The first-order valence-electron chi connectivity index (χ1n) is 6.81. The van der Waals surface area contributed by atoms with E-state index in [1.807, 2.05) is 14.0 Å². The van der Waals surface area contributed by atoms with E-state index >= 15 is 0 Å². The van der Waals surface area contributed by atoms with Crippen molar-refractivity contribution in [2.45, 2.75) is 46.7 Å². The number of rotatable bonds is 6. The van der Waals surface area contributed by atoms with Gasteiger partial charge in [-0.1, -0.05) is 0 Å². The Morgan fingerprint density at radius 1 is 1.32 bits per heavy atom. The SMILES string of the molecule is Cc1nn(C)c(NCCN(C(C)C)C(C)C)c1C#N. The summed E-state index contributed by atoms with van der Waals surface area (Å²) in [5, 5.41) is 16.7. The van der Waals surface area contributed by atoms with Crippen molar-refractivity contribution in [2.24, 2.45) is 7.05 Å². The van der Waals surface area contributed by atoms with Crippen molar-refractivity contribution in [3.05, 3.63) is 11.3 Å². The summed E-state index contributed by atoms with van der Waals surface area (Å²) in [5.74, 6) is 0.812. The molecule has 0 radical (unpaired) electrons. The van der Waals surface area contributed by atoms with Gasteiger partial charge in [0.05, 0.1) is 5.69 Å². The lowest BCUT2D eigenvalue weighted by Gasteiger charge is -2.30. The standard InChI is InChI=1S/C14H25N5/c1-10(2)19(11(3)4)8-7-16-14-13(9-15)12(5)17-18(14)6/h10-11,16H,7-8H2,1-6H3. The molecular weight excluding hydrogens is 238 g/mol. The monoisotopic (exact) mass is 263 g/mol. The number of anilines is 1. The fraction of sp³-hybridized carbons (Fsp3) is 0.714. The number of nitrogens with zero attached hydrogens (tertiary/aromatic N) is 4. The van der Waals surface area contributed by atoms with Crippen molar-refractivity contribution in [3.8, 4) is 6.07 Å². The summed E-state index contributed by atoms with van der Waals surface area (Å²) >= 11 is 0. The normalized spacial score (nSPS) is 11.4. The minimum absolute atomic E-state index is 0.519. The van der Waals surface area contributed by atoms with Gasteiger partial charge < -0.3 is 5.32 Å². The number of aromatic nitrogens is 2. The number of aryl methyl sites for hydroxylation is 2. The Morgan fingerprint density at radius 2 is 1.89 bits per heavy atom. The molecule has 1 aromatic rings. The van der Waals surface area contributed by atoms with Crippen LogP contribution >= 0.6 is 0 Å². The van der Waals surface area contributed by atoms with E-state index < -0.39 is 0 Å². The zero-order chi connectivity index (χ0) is 14.6. The van der Waals surface area contributed by atoms with E-state index in [1.165, 1.54) is 0 Å². The number of nitrogens with one attached hydrogen (secondary N) is 1. The summed E-state index contributed by atoms with van der Waals surface area (Å²) in [4.78, 5) is 2.42. The van der Waals surface area contributed by atoms with Crippen LogP contribution in [0, 0.1) is 18.3 Å². The highest BCUT2D eigenvalue weighted by Crippen LogP contribution is 2.17. The van der Waals surface area contributed by atoms with Gasteiger partial charge in [0.2, 0.25) is 0 Å². The third-order valence-electron chi connectivity index (χ3n) is 3.32. The highest BCUT2D eigenvalue weighted by atomic mass is 15.3. The van der Waals surface area contributed by atoms with Crippen LogP contribution in [0.4, 0.5) is 5.82 Å². The zero-order valence-corrected chi connectivity index (χ0v) is 12.9. The van der Waals surface area contributed by atoms with Crippen LogP contribution in [0.3, 0.4) is 0 Å². The summed E-state index contributed by atoms with van der Waals surface area (Å²) < 4.78 is 1.74. The van der Waals surface area contributed by atoms with Crippen LogP contribution in [0.2, 0.25) is 0 Å². The highest BCUT2D eigenvalue weighted by Gasteiger charge is 2.15. The minimum atomic E-state index is 0.519. The molecule has 106 valence electrons. The molecule has 5 heteroatoms. The van der Waals surface area contributed by atoms with Crippen LogP contribution in [0.5, 0.6) is 0 Å². The third kappa shape index (κ3) is 3.71. The van der Waals surface area contributed by atoms with Gasteiger partial charge in [-0.3, -0.25) is 9.58 Å². The van der Waals surface area contributed by atoms with E-state index in [0.29, 0.717) is 17.6 Å². The molecule has 0 amide bonds. The van der Waals surface area contributed by atoms with Crippen LogP contribution in [-0.2, 0) is 7.05 Å². The maximum atomic E-state index is 9.14. The number of hydrogen-bond acceptors (Lipinski definition) is 4. The molecule has 1 aromatic heterocycles. The summed E-state index contributed by atoms with van der Waals surface area (Å²) in [7, 11) is 1.86. The molecule has 19 heavy (non-hydrogen) atoms. The fourth-order valence-electron chi connectivity index (χ4n) is 2.41. The lowest BCUT2D eigenvalue weighted by molar-refractivity contribution is 0.182. The molecule has 0 saturated carbocycles. The molecule has 1 rings (SSSR count). The third-order valence-corrected chi connectivity index (χ3v) is 3.32. The Kier molecular flexibility index (Phi) is 5.37. The van der Waals surface area contributed by atoms with Gasteiger partial charge in [-0.2, -0.15) is 10.4 Å². The predicted octanol–water partition coefficient (Wildman–Crippen LogP) is 2.13. The second-order valence-electron chi connectivity index (χ2n) is 5.40. The topological polar surface area (TPSA) is 56.9 Å². The largest absolute Gasteiger partial charge is 0.368 e. The maximum absolute atomic E-state index is 9.14. The number of hydrogen-bond donors (Lipinski definition) is 1. The molecule has 0 aliphatic carbocycles. The van der Waals surface area contributed by atoms with E-state index in [9.17, 15) is 0 Å². The Labute approximate surface area is 116 Å². The van der Waals surface area contributed by atoms with Crippen LogP contribution in [0.15, 0.2) is 0 Å². The second-order valence-corrected chi connectivity index (χ2v) is 5.40. The summed E-state index contributed by atoms with van der Waals surface area (Å²) in [6, 6.07) is 3.25. The molecule has 0 atom stereocenters. The van der Waals surface area contributed by atoms with E-state index in [2.05, 4.69) is 49.1 Å². The first-order chi connectivity index (χ1) is 8.88. The minimum Gasteiger partial charge on any atom is -0.368 e. The first-order valence-corrected chi connectivity index (χ1v) is 6.81. The van der Waals surface area contributed by atoms with E-state index in [4.69, 9.17) is 5.26 Å². The molecular formula is C14H25N5. The Bertz CT molecular complexity index is 445. The Balaban J connectivity index is 2.66. The average Bonchev–Trinajstić information content (AvgIpc) is 2.57. The van der Waals surface area contributed by atoms with Gasteiger partial charge in [0.1, 0.15) is 17.5 Å². The lowest BCUT2D eigenvalue weighted by atomic mass is 10.2. The highest BCUT2D eigenvalue weighted by molar-refractivity contribution is 5.54. The van der Waals surface area contributed by atoms with Crippen LogP contribution in [0.25, 0.3) is 0 Å². The first kappa shape index (κ1) is 15.5. The molecule has 0 saturated heterocycles. The summed E-state index contributed by atoms with van der Waals surface area (Å²) in [5.41, 5.74) is 1.42. The summed E-state index contributed by atoms with van der Waals surface area (Å²) in [6.45, 7) is 12.4. The molecule has 0 fully saturated rings. The predicted molar refractivity (Wildman–Crippen MR) is 78.1 cm³/mol. The molecule has 0 bridgehead atoms. The molecule has 1 N–H and O–H groups in total. The fourth-order valence-corrected chi connectivity index (χ4v) is 2.41. The zero-order valence-electron chi connectivity index (χ0n) is 12.9. The average molecular weight is 263 g/mol. The molecule has 0 aliphatic rings. The van der Waals surface area contributed by atoms with Gasteiger partial charge in [0.15, 0.2) is 0 Å². The quantitative estimate of drug-likeness (QED) is 0.854. The Hall–Kier alpha value is -1.54. The van der Waals surface area contributed by atoms with Crippen LogP contribution < -0.4 is 5.32 Å². The number of nitriles is 1. The van der Waals surface area contributed by atoms with E-state index in [1.54, 1.807) is 4.68 Å². The van der Waals surface area contributed by atoms with Crippen molar-refractivity contribution in [3.63, 3.8) is 0 Å². The molecule has 5 nitrogen and oxygen atoms in total. The molecule has 0 aromatic carbocycles. The summed E-state index contributed by atoms with van der Waals surface area (Å²) in [6.07, 6.45) is 0. The molecule has 0 spiro atoms. The van der Waals surface area contributed by atoms with Crippen LogP contribution in [-0.4, -0.2) is 39.9 Å². The van der Waals surface area contributed by atoms with Gasteiger partial charge in [-0.15, -0.1) is 0 Å². The molecule has 1 heterocycles. The van der Waals surface area contributed by atoms with Crippen molar-refractivity contribution in [1.82, 2.24) is 14.7 Å². The van der Waals surface area contributed by atoms with Gasteiger partial charge >= 0.3 is 0 Å². The van der Waals surface area contributed by atoms with Crippen molar-refractivity contribution in [1.29, 1.82) is 5.26 Å². The maximum Gasteiger partial charge on any atom is 0.142 e. The molecule has 0 aliphatic heterocycles. The smallest absolute Gasteiger partial charge is 0.142 e. The van der Waals surface area contributed by atoms with E-state index in [-0.39, 0.29) is 0 Å². The lowest BCUT2D eigenvalue weighted by Crippen LogP contribution is -2.40. The van der Waals surface area contributed by atoms with E-state index in [0.717, 1.165) is 24.6 Å². The van der Waals surface area contributed by atoms with Gasteiger partial charge in [0, 0.05) is 32.2 Å².